The topological polar surface area (TPSA) is 59.2 Å². The standard InChI is InChI=1S/C16H21N3O/c1-4-19(10-11(2)3)16(20)14-9-18-15(17)13-8-6-5-7-12(13)14/h5-9,11H,4,10H2,1-3H3,(H2,17,18). The molecule has 0 aliphatic rings. The number of hydrogen-bond donors (Lipinski definition) is 1. The van der Waals surface area contributed by atoms with Gasteiger partial charge in [0.15, 0.2) is 0 Å². The molecule has 0 spiro atoms. The van der Waals surface area contributed by atoms with Gasteiger partial charge in [0.25, 0.3) is 5.91 Å². The second-order valence-corrected chi connectivity index (χ2v) is 5.34. The summed E-state index contributed by atoms with van der Waals surface area (Å²) in [5.74, 6) is 0.917. The van der Waals surface area contributed by atoms with Crippen molar-refractivity contribution in [1.82, 2.24) is 9.88 Å². The van der Waals surface area contributed by atoms with Gasteiger partial charge in [0.1, 0.15) is 5.82 Å². The molecular weight excluding hydrogens is 250 g/mol. The number of fused-ring (bicyclic) bond motifs is 1. The van der Waals surface area contributed by atoms with E-state index in [1.165, 1.54) is 0 Å². The number of amides is 1. The molecule has 106 valence electrons. The fourth-order valence-corrected chi connectivity index (χ4v) is 2.35. The van der Waals surface area contributed by atoms with Gasteiger partial charge in [-0.05, 0) is 18.2 Å². The van der Waals surface area contributed by atoms with Crippen LogP contribution < -0.4 is 5.73 Å². The van der Waals surface area contributed by atoms with E-state index in [0.29, 0.717) is 23.8 Å². The van der Waals surface area contributed by atoms with Crippen LogP contribution in [0.5, 0.6) is 0 Å². The molecule has 0 unspecified atom stereocenters. The number of carbonyl (C=O) groups excluding carboxylic acids is 1. The molecule has 0 atom stereocenters. The van der Waals surface area contributed by atoms with Gasteiger partial charge in [0.2, 0.25) is 0 Å². The van der Waals surface area contributed by atoms with E-state index < -0.39 is 0 Å². The van der Waals surface area contributed by atoms with Crippen molar-refractivity contribution in [2.24, 2.45) is 5.92 Å². The molecule has 2 rings (SSSR count). The van der Waals surface area contributed by atoms with Gasteiger partial charge in [0.05, 0.1) is 5.56 Å². The molecule has 4 nitrogen and oxygen atoms in total. The van der Waals surface area contributed by atoms with Gasteiger partial charge in [-0.25, -0.2) is 4.98 Å². The highest BCUT2D eigenvalue weighted by Gasteiger charge is 2.18. The molecule has 0 aliphatic carbocycles. The third-order valence-corrected chi connectivity index (χ3v) is 3.31. The molecule has 0 bridgehead atoms. The van der Waals surface area contributed by atoms with E-state index in [0.717, 1.165) is 17.3 Å². The second kappa shape index (κ2) is 5.90. The van der Waals surface area contributed by atoms with E-state index in [4.69, 9.17) is 5.73 Å². The average molecular weight is 271 g/mol. The van der Waals surface area contributed by atoms with Crippen LogP contribution in [0, 0.1) is 5.92 Å². The average Bonchev–Trinajstić information content (AvgIpc) is 2.44. The number of pyridine rings is 1. The molecule has 4 heteroatoms. The van der Waals surface area contributed by atoms with E-state index >= 15 is 0 Å². The fraction of sp³-hybridized carbons (Fsp3) is 0.375. The van der Waals surface area contributed by atoms with E-state index in [1.807, 2.05) is 36.1 Å². The Morgan fingerprint density at radius 2 is 1.95 bits per heavy atom. The lowest BCUT2D eigenvalue weighted by atomic mass is 10.1. The minimum Gasteiger partial charge on any atom is -0.383 e. The fourth-order valence-electron chi connectivity index (χ4n) is 2.35. The van der Waals surface area contributed by atoms with Gasteiger partial charge in [0, 0.05) is 24.7 Å². The number of nitrogens with zero attached hydrogens (tertiary/aromatic N) is 2. The van der Waals surface area contributed by atoms with Crippen LogP contribution in [0.4, 0.5) is 5.82 Å². The molecule has 0 radical (unpaired) electrons. The maximum atomic E-state index is 12.7. The zero-order valence-electron chi connectivity index (χ0n) is 12.3. The Morgan fingerprint density at radius 3 is 2.55 bits per heavy atom. The van der Waals surface area contributed by atoms with Crippen molar-refractivity contribution >= 4 is 22.5 Å². The van der Waals surface area contributed by atoms with Crippen LogP contribution in [-0.2, 0) is 0 Å². The largest absolute Gasteiger partial charge is 0.383 e. The molecule has 2 aromatic rings. The van der Waals surface area contributed by atoms with Crippen molar-refractivity contribution in [3.63, 3.8) is 0 Å². The summed E-state index contributed by atoms with van der Waals surface area (Å²) in [5.41, 5.74) is 6.50. The van der Waals surface area contributed by atoms with E-state index in [9.17, 15) is 4.79 Å². The molecule has 1 amide bonds. The summed E-state index contributed by atoms with van der Waals surface area (Å²) in [5, 5.41) is 1.70. The van der Waals surface area contributed by atoms with E-state index in [-0.39, 0.29) is 5.91 Å². The number of aromatic nitrogens is 1. The van der Waals surface area contributed by atoms with E-state index in [1.54, 1.807) is 6.20 Å². The lowest BCUT2D eigenvalue weighted by molar-refractivity contribution is 0.0747. The molecule has 1 aromatic heterocycles. The number of hydrogen-bond acceptors (Lipinski definition) is 3. The van der Waals surface area contributed by atoms with Crippen LogP contribution in [0.2, 0.25) is 0 Å². The van der Waals surface area contributed by atoms with Crippen molar-refractivity contribution in [2.45, 2.75) is 20.8 Å². The van der Waals surface area contributed by atoms with E-state index in [2.05, 4.69) is 18.8 Å². The Kier molecular flexibility index (Phi) is 4.23. The first-order valence-electron chi connectivity index (χ1n) is 6.97. The summed E-state index contributed by atoms with van der Waals surface area (Å²) >= 11 is 0. The molecule has 0 saturated heterocycles. The Hall–Kier alpha value is -2.10. The molecule has 1 aromatic carbocycles. The third kappa shape index (κ3) is 2.74. The number of anilines is 1. The molecule has 20 heavy (non-hydrogen) atoms. The van der Waals surface area contributed by atoms with Gasteiger partial charge in [-0.1, -0.05) is 38.1 Å². The van der Waals surface area contributed by atoms with Crippen molar-refractivity contribution < 1.29 is 4.79 Å². The van der Waals surface area contributed by atoms with Crippen LogP contribution >= 0.6 is 0 Å². The van der Waals surface area contributed by atoms with Crippen molar-refractivity contribution in [3.8, 4) is 0 Å². The molecule has 0 aliphatic heterocycles. The van der Waals surface area contributed by atoms with Gasteiger partial charge < -0.3 is 10.6 Å². The number of nitrogen functional groups attached to an aromatic ring is 1. The van der Waals surface area contributed by atoms with Crippen LogP contribution in [0.15, 0.2) is 30.5 Å². The first kappa shape index (κ1) is 14.3. The first-order valence-corrected chi connectivity index (χ1v) is 6.97. The van der Waals surface area contributed by atoms with Crippen LogP contribution in [-0.4, -0.2) is 28.9 Å². The highest BCUT2D eigenvalue weighted by atomic mass is 16.2. The lowest BCUT2D eigenvalue weighted by Crippen LogP contribution is -2.34. The zero-order chi connectivity index (χ0) is 14.7. The summed E-state index contributed by atoms with van der Waals surface area (Å²) in [6, 6.07) is 7.63. The Labute approximate surface area is 119 Å². The van der Waals surface area contributed by atoms with Crippen molar-refractivity contribution in [3.05, 3.63) is 36.0 Å². The third-order valence-electron chi connectivity index (χ3n) is 3.31. The highest BCUT2D eigenvalue weighted by molar-refractivity contribution is 6.08. The van der Waals surface area contributed by atoms with Gasteiger partial charge in [-0.2, -0.15) is 0 Å². The molecule has 2 N–H and O–H groups in total. The highest BCUT2D eigenvalue weighted by Crippen LogP contribution is 2.23. The number of carbonyl (C=O) groups is 1. The SMILES string of the molecule is CCN(CC(C)C)C(=O)c1cnc(N)c2ccccc12. The van der Waals surface area contributed by atoms with Crippen molar-refractivity contribution in [2.75, 3.05) is 18.8 Å². The van der Waals surface area contributed by atoms with Gasteiger partial charge >= 0.3 is 0 Å². The maximum absolute atomic E-state index is 12.7. The zero-order valence-corrected chi connectivity index (χ0v) is 12.3. The van der Waals surface area contributed by atoms with Gasteiger partial charge in [-0.15, -0.1) is 0 Å². The molecule has 0 saturated carbocycles. The molecule has 0 fully saturated rings. The Balaban J connectivity index is 2.47. The summed E-state index contributed by atoms with van der Waals surface area (Å²) in [6.07, 6.45) is 1.59. The smallest absolute Gasteiger partial charge is 0.256 e. The normalized spacial score (nSPS) is 11.0. The minimum atomic E-state index is 0.0184. The predicted octanol–water partition coefficient (Wildman–Crippen LogP) is 2.94. The summed E-state index contributed by atoms with van der Waals surface area (Å²) in [4.78, 5) is 18.7. The number of nitrogens with two attached hydrogens (primary N) is 1. The van der Waals surface area contributed by atoms with Crippen molar-refractivity contribution in [1.29, 1.82) is 0 Å². The number of rotatable bonds is 4. The Bertz CT molecular complexity index is 622. The summed E-state index contributed by atoms with van der Waals surface area (Å²) < 4.78 is 0. The lowest BCUT2D eigenvalue weighted by Gasteiger charge is -2.23. The summed E-state index contributed by atoms with van der Waals surface area (Å²) in [6.45, 7) is 7.64. The summed E-state index contributed by atoms with van der Waals surface area (Å²) in [7, 11) is 0. The maximum Gasteiger partial charge on any atom is 0.256 e. The quantitative estimate of drug-likeness (QED) is 0.930. The predicted molar refractivity (Wildman–Crippen MR) is 82.6 cm³/mol. The molecule has 1 heterocycles. The van der Waals surface area contributed by atoms with Gasteiger partial charge in [-0.3, -0.25) is 4.79 Å². The monoisotopic (exact) mass is 271 g/mol. The minimum absolute atomic E-state index is 0.0184. The Morgan fingerprint density at radius 1 is 1.30 bits per heavy atom. The second-order valence-electron chi connectivity index (χ2n) is 5.34. The molecular formula is C16H21N3O. The van der Waals surface area contributed by atoms with Crippen LogP contribution in [0.25, 0.3) is 10.8 Å². The van der Waals surface area contributed by atoms with Crippen LogP contribution in [0.1, 0.15) is 31.1 Å². The first-order chi connectivity index (χ1) is 9.54. The number of benzene rings is 1. The van der Waals surface area contributed by atoms with Crippen LogP contribution in [0.3, 0.4) is 0 Å².